The third kappa shape index (κ3) is 2.79. The second-order valence-corrected chi connectivity index (χ2v) is 8.10. The molecular weight excluding hydrogens is 348 g/mol. The van der Waals surface area contributed by atoms with Crippen molar-refractivity contribution < 1.29 is 0 Å². The fourth-order valence-corrected chi connectivity index (χ4v) is 4.24. The summed E-state index contributed by atoms with van der Waals surface area (Å²) in [5.41, 5.74) is 11.3. The molecule has 0 unspecified atom stereocenters. The smallest absolute Gasteiger partial charge is 0.100 e. The van der Waals surface area contributed by atoms with E-state index in [1.54, 1.807) is 0 Å². The predicted molar refractivity (Wildman–Crippen MR) is 119 cm³/mol. The van der Waals surface area contributed by atoms with Crippen LogP contribution in [0.15, 0.2) is 71.1 Å². The molecule has 0 saturated heterocycles. The Morgan fingerprint density at radius 3 is 1.74 bits per heavy atom. The summed E-state index contributed by atoms with van der Waals surface area (Å²) in [6, 6.07) is 23.1. The summed E-state index contributed by atoms with van der Waals surface area (Å²) >= 11 is 4.92. The van der Waals surface area contributed by atoms with Crippen molar-refractivity contribution in [2.75, 3.05) is 5.73 Å². The molecule has 4 aromatic rings. The van der Waals surface area contributed by atoms with Gasteiger partial charge in [-0.3, -0.25) is 0 Å². The van der Waals surface area contributed by atoms with Crippen LogP contribution in [0.25, 0.3) is 32.7 Å². The molecule has 0 radical (unpaired) electrons. The van der Waals surface area contributed by atoms with E-state index >= 15 is 0 Å². The molecule has 0 fully saturated rings. The molecule has 0 aliphatic rings. The zero-order valence-electron chi connectivity index (χ0n) is 15.8. The van der Waals surface area contributed by atoms with Gasteiger partial charge in [0.25, 0.3) is 0 Å². The van der Waals surface area contributed by atoms with Crippen molar-refractivity contribution in [2.45, 2.75) is 26.2 Å². The lowest BCUT2D eigenvalue weighted by atomic mass is 9.78. The highest BCUT2D eigenvalue weighted by molar-refractivity contribution is 7.47. The Morgan fingerprint density at radius 1 is 0.741 bits per heavy atom. The first-order valence-electron chi connectivity index (χ1n) is 9.09. The maximum absolute atomic E-state index is 6.47. The maximum Gasteiger partial charge on any atom is 0.100 e. The predicted octanol–water partition coefficient (Wildman–Crippen LogP) is 6.90. The van der Waals surface area contributed by atoms with Crippen molar-refractivity contribution in [3.05, 3.63) is 72.3 Å². The minimum atomic E-state index is 0.0150. The summed E-state index contributed by atoms with van der Waals surface area (Å²) in [7, 11) is 0. The highest BCUT2D eigenvalue weighted by Crippen LogP contribution is 2.45. The molecular formula is C24H22N2S. The number of hydrogen-bond donors (Lipinski definition) is 1. The molecule has 27 heavy (non-hydrogen) atoms. The molecule has 2 N–H and O–H groups in total. The van der Waals surface area contributed by atoms with Gasteiger partial charge >= 0.3 is 0 Å². The minimum absolute atomic E-state index is 0.0150. The average Bonchev–Trinajstić information content (AvgIpc) is 2.65. The first-order valence-corrected chi connectivity index (χ1v) is 9.46. The van der Waals surface area contributed by atoms with Gasteiger partial charge in [0.15, 0.2) is 0 Å². The lowest BCUT2D eigenvalue weighted by Crippen LogP contribution is -2.13. The van der Waals surface area contributed by atoms with Crippen LogP contribution < -0.4 is 5.73 Å². The van der Waals surface area contributed by atoms with E-state index in [1.807, 2.05) is 12.1 Å². The number of anilines is 1. The van der Waals surface area contributed by atoms with E-state index in [4.69, 9.17) is 18.2 Å². The first-order chi connectivity index (χ1) is 12.9. The Balaban J connectivity index is 2.28. The van der Waals surface area contributed by atoms with Crippen LogP contribution in [0, 0.1) is 0 Å². The van der Waals surface area contributed by atoms with Crippen molar-refractivity contribution in [3.63, 3.8) is 0 Å². The number of nitrogens with two attached hydrogens (primary N) is 1. The summed E-state index contributed by atoms with van der Waals surface area (Å²) in [5.74, 6) is 0. The molecule has 0 saturated carbocycles. The summed E-state index contributed by atoms with van der Waals surface area (Å²) in [6.07, 6.45) is 0. The molecule has 134 valence electrons. The Labute approximate surface area is 165 Å². The molecule has 0 aliphatic heterocycles. The van der Waals surface area contributed by atoms with E-state index in [-0.39, 0.29) is 5.41 Å². The van der Waals surface area contributed by atoms with Gasteiger partial charge in [-0.2, -0.15) is 4.36 Å². The fraction of sp³-hybridized carbons (Fsp3) is 0.167. The van der Waals surface area contributed by atoms with Crippen LogP contribution in [0.5, 0.6) is 0 Å². The number of rotatable bonds is 2. The Bertz CT molecular complexity index is 1130. The van der Waals surface area contributed by atoms with Gasteiger partial charge < -0.3 is 5.73 Å². The van der Waals surface area contributed by atoms with Gasteiger partial charge in [-0.05, 0) is 44.2 Å². The van der Waals surface area contributed by atoms with Crippen molar-refractivity contribution in [2.24, 2.45) is 4.36 Å². The van der Waals surface area contributed by atoms with Crippen LogP contribution in [0.3, 0.4) is 0 Å². The number of para-hydroxylation sites is 1. The van der Waals surface area contributed by atoms with E-state index in [9.17, 15) is 0 Å². The molecule has 0 atom stereocenters. The van der Waals surface area contributed by atoms with Gasteiger partial charge in [-0.15, -0.1) is 0 Å². The third-order valence-corrected chi connectivity index (χ3v) is 5.33. The second-order valence-electron chi connectivity index (χ2n) is 7.92. The molecule has 4 aromatic carbocycles. The Hall–Kier alpha value is -2.78. The van der Waals surface area contributed by atoms with Crippen LogP contribution in [0.2, 0.25) is 0 Å². The molecule has 0 spiro atoms. The van der Waals surface area contributed by atoms with Gasteiger partial charge in [0, 0.05) is 18.0 Å². The summed E-state index contributed by atoms with van der Waals surface area (Å²) in [4.78, 5) is 0. The normalized spacial score (nSPS) is 11.8. The monoisotopic (exact) mass is 370 g/mol. The van der Waals surface area contributed by atoms with Crippen molar-refractivity contribution in [1.82, 2.24) is 0 Å². The van der Waals surface area contributed by atoms with Gasteiger partial charge in [0.05, 0.1) is 5.69 Å². The number of fused-ring (bicyclic) bond motifs is 2. The van der Waals surface area contributed by atoms with E-state index < -0.39 is 0 Å². The number of nitrogens with zero attached hydrogens (tertiary/aromatic N) is 1. The Kier molecular flexibility index (Phi) is 4.20. The summed E-state index contributed by atoms with van der Waals surface area (Å²) in [6.45, 7) is 6.81. The molecule has 0 bridgehead atoms. The summed E-state index contributed by atoms with van der Waals surface area (Å²) < 4.78 is 3.93. The quantitative estimate of drug-likeness (QED) is 0.308. The average molecular weight is 371 g/mol. The molecule has 2 nitrogen and oxygen atoms in total. The zero-order valence-corrected chi connectivity index (χ0v) is 16.6. The fourth-order valence-electron chi connectivity index (χ4n) is 4.08. The van der Waals surface area contributed by atoms with Crippen molar-refractivity contribution in [3.8, 4) is 11.1 Å². The van der Waals surface area contributed by atoms with E-state index in [0.29, 0.717) is 11.4 Å². The van der Waals surface area contributed by atoms with E-state index in [0.717, 1.165) is 11.1 Å². The van der Waals surface area contributed by atoms with Gasteiger partial charge in [0.2, 0.25) is 0 Å². The molecule has 4 rings (SSSR count). The highest BCUT2D eigenvalue weighted by atomic mass is 32.1. The van der Waals surface area contributed by atoms with Crippen LogP contribution in [-0.4, -0.2) is 0 Å². The van der Waals surface area contributed by atoms with Crippen LogP contribution in [-0.2, 0) is 17.8 Å². The first kappa shape index (κ1) is 17.6. The van der Waals surface area contributed by atoms with Gasteiger partial charge in [-0.25, -0.2) is 0 Å². The Morgan fingerprint density at radius 2 is 1.26 bits per heavy atom. The van der Waals surface area contributed by atoms with Crippen LogP contribution in [0.4, 0.5) is 11.4 Å². The third-order valence-electron chi connectivity index (χ3n) is 5.13. The summed E-state index contributed by atoms with van der Waals surface area (Å²) in [5, 5.41) is 4.93. The molecule has 0 heterocycles. The highest BCUT2D eigenvalue weighted by Gasteiger charge is 2.23. The molecule has 0 aliphatic carbocycles. The standard InChI is InChI=1S/C24H22N2S/c1-24(2,3)22-17-11-6-4-9-15(17)21(16-10-5-7-12-18(16)22)19-13-8-14-20(26-27)23(19)25/h4-14H,25H2,1-3H3. The van der Waals surface area contributed by atoms with Gasteiger partial charge in [0.1, 0.15) is 5.69 Å². The number of hydrogen-bond acceptors (Lipinski definition) is 3. The molecule has 0 amide bonds. The maximum atomic E-state index is 6.47. The SMILES string of the molecule is CC(C)(C)c1c2ccccc2c(-c2cccc(N=S)c2N)c2ccccc12. The lowest BCUT2D eigenvalue weighted by Gasteiger charge is -2.26. The molecule has 0 aromatic heterocycles. The molecule has 3 heteroatoms. The number of nitrogen functional groups attached to an aromatic ring is 1. The topological polar surface area (TPSA) is 38.4 Å². The largest absolute Gasteiger partial charge is 0.396 e. The van der Waals surface area contributed by atoms with Crippen LogP contribution >= 0.6 is 0 Å². The van der Waals surface area contributed by atoms with Crippen molar-refractivity contribution >= 4 is 45.3 Å². The zero-order chi connectivity index (χ0) is 19.2. The number of benzene rings is 4. The lowest BCUT2D eigenvalue weighted by molar-refractivity contribution is 0.601. The van der Waals surface area contributed by atoms with Gasteiger partial charge in [-0.1, -0.05) is 81.4 Å². The van der Waals surface area contributed by atoms with E-state index in [1.165, 1.54) is 27.1 Å². The second kappa shape index (κ2) is 6.43. The minimum Gasteiger partial charge on any atom is -0.396 e. The van der Waals surface area contributed by atoms with Crippen molar-refractivity contribution in [1.29, 1.82) is 0 Å². The van der Waals surface area contributed by atoms with Crippen LogP contribution in [0.1, 0.15) is 26.3 Å². The van der Waals surface area contributed by atoms with E-state index in [2.05, 4.69) is 79.7 Å².